The van der Waals surface area contributed by atoms with Gasteiger partial charge in [-0.1, -0.05) is 24.0 Å². The number of hydrogen-bond donors (Lipinski definition) is 1. The van der Waals surface area contributed by atoms with Gasteiger partial charge >= 0.3 is 0 Å². The number of hydrogen-bond acceptors (Lipinski definition) is 3. The maximum atomic E-state index is 12.8. The lowest BCUT2D eigenvalue weighted by atomic mass is 10.2. The van der Waals surface area contributed by atoms with E-state index < -0.39 is 0 Å². The molecule has 5 heteroatoms. The van der Waals surface area contributed by atoms with Crippen LogP contribution >= 0.6 is 0 Å². The maximum Gasteiger partial charge on any atom is 0.272 e. The van der Waals surface area contributed by atoms with Crippen molar-refractivity contribution in [2.24, 2.45) is 0 Å². The average Bonchev–Trinajstić information content (AvgIpc) is 2.59. The standard InChI is InChI=1S/C18H12FN3O/c19-14-9-7-13(8-10-14)4-3-11-20-18(23)17-12-21-15-5-1-2-6-16(15)22-17/h1-2,5-10,12H,11H2,(H,20,23). The van der Waals surface area contributed by atoms with E-state index in [1.807, 2.05) is 18.2 Å². The van der Waals surface area contributed by atoms with Crippen LogP contribution in [0.2, 0.25) is 0 Å². The summed E-state index contributed by atoms with van der Waals surface area (Å²) in [5.74, 6) is 5.00. The highest BCUT2D eigenvalue weighted by Gasteiger charge is 2.07. The van der Waals surface area contributed by atoms with Gasteiger partial charge < -0.3 is 5.32 Å². The van der Waals surface area contributed by atoms with Gasteiger partial charge in [0.1, 0.15) is 11.5 Å². The summed E-state index contributed by atoms with van der Waals surface area (Å²) in [4.78, 5) is 20.5. The SMILES string of the molecule is O=C(NCC#Cc1ccc(F)cc1)c1cnc2ccccc2n1. The highest BCUT2D eigenvalue weighted by Crippen LogP contribution is 2.08. The smallest absolute Gasteiger partial charge is 0.272 e. The molecule has 0 bridgehead atoms. The number of rotatable bonds is 2. The Balaban J connectivity index is 1.63. The minimum Gasteiger partial charge on any atom is -0.340 e. The summed E-state index contributed by atoms with van der Waals surface area (Å²) in [6, 6.07) is 13.2. The van der Waals surface area contributed by atoms with Crippen LogP contribution in [0.15, 0.2) is 54.7 Å². The summed E-state index contributed by atoms with van der Waals surface area (Å²) in [7, 11) is 0. The zero-order chi connectivity index (χ0) is 16.1. The Morgan fingerprint density at radius 1 is 1.09 bits per heavy atom. The van der Waals surface area contributed by atoms with Crippen LogP contribution in [0.3, 0.4) is 0 Å². The van der Waals surface area contributed by atoms with Gasteiger partial charge in [0.15, 0.2) is 0 Å². The summed E-state index contributed by atoms with van der Waals surface area (Å²) in [5.41, 5.74) is 2.33. The second-order valence-electron chi connectivity index (χ2n) is 4.74. The lowest BCUT2D eigenvalue weighted by Gasteiger charge is -2.02. The Kier molecular flexibility index (Phi) is 4.25. The van der Waals surface area contributed by atoms with E-state index in [2.05, 4.69) is 27.1 Å². The van der Waals surface area contributed by atoms with Gasteiger partial charge in [-0.25, -0.2) is 9.37 Å². The molecule has 1 aromatic heterocycles. The van der Waals surface area contributed by atoms with Crippen LogP contribution in [0.5, 0.6) is 0 Å². The number of carbonyl (C=O) groups is 1. The number of para-hydroxylation sites is 2. The summed E-state index contributed by atoms with van der Waals surface area (Å²) in [6.45, 7) is 0.171. The van der Waals surface area contributed by atoms with Crippen molar-refractivity contribution in [3.63, 3.8) is 0 Å². The summed E-state index contributed by atoms with van der Waals surface area (Å²) in [6.07, 6.45) is 1.44. The topological polar surface area (TPSA) is 54.9 Å². The Morgan fingerprint density at radius 2 is 1.83 bits per heavy atom. The van der Waals surface area contributed by atoms with Crippen LogP contribution in [-0.2, 0) is 0 Å². The molecule has 1 heterocycles. The van der Waals surface area contributed by atoms with Crippen molar-refractivity contribution in [3.8, 4) is 11.8 Å². The molecule has 0 aliphatic carbocycles. The zero-order valence-electron chi connectivity index (χ0n) is 12.1. The van der Waals surface area contributed by atoms with Gasteiger partial charge in [0.05, 0.1) is 23.8 Å². The van der Waals surface area contributed by atoms with Crippen LogP contribution in [0.25, 0.3) is 11.0 Å². The van der Waals surface area contributed by atoms with E-state index in [1.54, 1.807) is 18.2 Å². The molecule has 3 rings (SSSR count). The van der Waals surface area contributed by atoms with Crippen molar-refractivity contribution in [3.05, 3.63) is 71.8 Å². The summed E-state index contributed by atoms with van der Waals surface area (Å²) < 4.78 is 12.8. The predicted molar refractivity (Wildman–Crippen MR) is 85.1 cm³/mol. The molecule has 112 valence electrons. The van der Waals surface area contributed by atoms with E-state index in [9.17, 15) is 9.18 Å². The third kappa shape index (κ3) is 3.69. The first-order chi connectivity index (χ1) is 11.2. The fraction of sp³-hybridized carbons (Fsp3) is 0.0556. The molecule has 0 spiro atoms. The first kappa shape index (κ1) is 14.7. The van der Waals surface area contributed by atoms with Gasteiger partial charge in [-0.15, -0.1) is 0 Å². The number of halogens is 1. The molecule has 4 nitrogen and oxygen atoms in total. The Hall–Kier alpha value is -3.26. The lowest BCUT2D eigenvalue weighted by molar-refractivity contribution is 0.0953. The van der Waals surface area contributed by atoms with Gasteiger partial charge in [-0.3, -0.25) is 9.78 Å². The molecule has 0 saturated heterocycles. The van der Waals surface area contributed by atoms with Crippen LogP contribution in [-0.4, -0.2) is 22.4 Å². The zero-order valence-corrected chi connectivity index (χ0v) is 12.1. The Morgan fingerprint density at radius 3 is 2.61 bits per heavy atom. The second kappa shape index (κ2) is 6.67. The predicted octanol–water partition coefficient (Wildman–Crippen LogP) is 2.55. The van der Waals surface area contributed by atoms with Gasteiger partial charge in [0.2, 0.25) is 0 Å². The molecule has 1 amide bonds. The van der Waals surface area contributed by atoms with Crippen molar-refractivity contribution < 1.29 is 9.18 Å². The quantitative estimate of drug-likeness (QED) is 0.740. The van der Waals surface area contributed by atoms with Gasteiger partial charge in [0, 0.05) is 5.56 Å². The molecule has 2 aromatic carbocycles. The number of fused-ring (bicyclic) bond motifs is 1. The third-order valence-corrected chi connectivity index (χ3v) is 3.10. The van der Waals surface area contributed by atoms with Crippen molar-refractivity contribution >= 4 is 16.9 Å². The van der Waals surface area contributed by atoms with Gasteiger partial charge in [-0.05, 0) is 36.4 Å². The van der Waals surface area contributed by atoms with Crippen LogP contribution < -0.4 is 5.32 Å². The molecule has 0 aliphatic rings. The van der Waals surface area contributed by atoms with E-state index >= 15 is 0 Å². The summed E-state index contributed by atoms with van der Waals surface area (Å²) in [5, 5.41) is 2.66. The fourth-order valence-corrected chi connectivity index (χ4v) is 1.96. The van der Waals surface area contributed by atoms with E-state index in [-0.39, 0.29) is 24.0 Å². The lowest BCUT2D eigenvalue weighted by Crippen LogP contribution is -2.24. The number of benzene rings is 2. The molecule has 0 saturated carbocycles. The fourth-order valence-electron chi connectivity index (χ4n) is 1.96. The van der Waals surface area contributed by atoms with E-state index in [1.165, 1.54) is 18.3 Å². The van der Waals surface area contributed by atoms with Gasteiger partial charge in [0.25, 0.3) is 5.91 Å². The first-order valence-electron chi connectivity index (χ1n) is 6.97. The average molecular weight is 305 g/mol. The second-order valence-corrected chi connectivity index (χ2v) is 4.74. The van der Waals surface area contributed by atoms with Crippen LogP contribution in [0, 0.1) is 17.7 Å². The Labute approximate surface area is 132 Å². The first-order valence-corrected chi connectivity index (χ1v) is 6.97. The van der Waals surface area contributed by atoms with Crippen molar-refractivity contribution in [1.82, 2.24) is 15.3 Å². The summed E-state index contributed by atoms with van der Waals surface area (Å²) >= 11 is 0. The number of aromatic nitrogens is 2. The van der Waals surface area contributed by atoms with E-state index in [0.29, 0.717) is 11.1 Å². The highest BCUT2D eigenvalue weighted by atomic mass is 19.1. The van der Waals surface area contributed by atoms with Crippen LogP contribution in [0.1, 0.15) is 16.1 Å². The minimum absolute atomic E-state index is 0.171. The molecule has 23 heavy (non-hydrogen) atoms. The number of amides is 1. The molecular weight excluding hydrogens is 293 g/mol. The van der Waals surface area contributed by atoms with E-state index in [4.69, 9.17) is 0 Å². The third-order valence-electron chi connectivity index (χ3n) is 3.10. The van der Waals surface area contributed by atoms with Gasteiger partial charge in [-0.2, -0.15) is 0 Å². The number of nitrogens with one attached hydrogen (secondary N) is 1. The molecule has 0 radical (unpaired) electrons. The highest BCUT2D eigenvalue weighted by molar-refractivity contribution is 5.93. The monoisotopic (exact) mass is 305 g/mol. The van der Waals surface area contributed by atoms with E-state index in [0.717, 1.165) is 5.52 Å². The molecule has 0 atom stereocenters. The van der Waals surface area contributed by atoms with Crippen LogP contribution in [0.4, 0.5) is 4.39 Å². The largest absolute Gasteiger partial charge is 0.340 e. The molecule has 0 fully saturated rings. The molecule has 1 N–H and O–H groups in total. The van der Waals surface area contributed by atoms with Crippen molar-refractivity contribution in [2.75, 3.05) is 6.54 Å². The minimum atomic E-state index is -0.336. The van der Waals surface area contributed by atoms with Crippen molar-refractivity contribution in [2.45, 2.75) is 0 Å². The number of nitrogens with zero attached hydrogens (tertiary/aromatic N) is 2. The molecule has 0 unspecified atom stereocenters. The van der Waals surface area contributed by atoms with Crippen molar-refractivity contribution in [1.29, 1.82) is 0 Å². The Bertz CT molecular complexity index is 911. The molecule has 3 aromatic rings. The molecule has 0 aliphatic heterocycles. The number of carbonyl (C=O) groups excluding carboxylic acids is 1. The molecular formula is C18H12FN3O. The normalized spacial score (nSPS) is 9.96. The maximum absolute atomic E-state index is 12.8.